The lowest BCUT2D eigenvalue weighted by molar-refractivity contribution is -0.141. The average Bonchev–Trinajstić information content (AvgIpc) is 2.78. The molecular weight excluding hydrogens is 461 g/mol. The molecule has 0 aromatic heterocycles. The first-order valence-corrected chi connectivity index (χ1v) is 11.8. The van der Waals surface area contributed by atoms with Crippen LogP contribution in [0.3, 0.4) is 0 Å². The molecule has 1 aliphatic rings. The number of piperazine rings is 1. The molecule has 2 aromatic rings. The van der Waals surface area contributed by atoms with E-state index in [0.29, 0.717) is 23.9 Å². The van der Waals surface area contributed by atoms with Gasteiger partial charge in [-0.15, -0.1) is 0 Å². The minimum Gasteiger partial charge on any atom is -0.484 e. The molecule has 0 radical (unpaired) electrons. The number of carbonyl (C=O) groups is 2. The van der Waals surface area contributed by atoms with Crippen molar-refractivity contribution in [1.82, 2.24) is 14.5 Å². The third kappa shape index (κ3) is 5.96. The molecule has 32 heavy (non-hydrogen) atoms. The molecule has 11 heteroatoms. The molecule has 1 atom stereocenters. The Bertz CT molecular complexity index is 1070. The zero-order chi connectivity index (χ0) is 23.3. The molecule has 2 amide bonds. The van der Waals surface area contributed by atoms with E-state index in [0.717, 1.165) is 12.1 Å². The highest BCUT2D eigenvalue weighted by Crippen LogP contribution is 2.16. The fraction of sp³-hybridized carbons (Fsp3) is 0.333. The summed E-state index contributed by atoms with van der Waals surface area (Å²) in [6.45, 7) is 2.34. The zero-order valence-electron chi connectivity index (χ0n) is 17.3. The number of carbonyl (C=O) groups excluding carboxylic acids is 2. The topological polar surface area (TPSA) is 96.0 Å². The fourth-order valence-corrected chi connectivity index (χ4v) is 4.63. The maximum absolute atomic E-state index is 13.8. The summed E-state index contributed by atoms with van der Waals surface area (Å²) in [6, 6.07) is 10.5. The molecule has 1 N–H and O–H groups in total. The zero-order valence-corrected chi connectivity index (χ0v) is 18.9. The first-order chi connectivity index (χ1) is 15.2. The van der Waals surface area contributed by atoms with Crippen LogP contribution in [0.1, 0.15) is 6.92 Å². The van der Waals surface area contributed by atoms with Crippen molar-refractivity contribution in [3.05, 3.63) is 59.4 Å². The van der Waals surface area contributed by atoms with E-state index in [1.807, 2.05) is 0 Å². The van der Waals surface area contributed by atoms with Crippen molar-refractivity contribution < 1.29 is 27.1 Å². The van der Waals surface area contributed by atoms with Gasteiger partial charge in [0.1, 0.15) is 16.5 Å². The second kappa shape index (κ2) is 10.3. The summed E-state index contributed by atoms with van der Waals surface area (Å²) in [5, 5.41) is 0.565. The highest BCUT2D eigenvalue weighted by molar-refractivity contribution is 7.89. The Morgan fingerprint density at radius 1 is 1.06 bits per heavy atom. The van der Waals surface area contributed by atoms with Crippen LogP contribution in [0, 0.1) is 5.82 Å². The Labute approximate surface area is 191 Å². The molecule has 0 bridgehead atoms. The Hall–Kier alpha value is -2.69. The van der Waals surface area contributed by atoms with E-state index in [2.05, 4.69) is 4.72 Å². The Morgan fingerprint density at radius 3 is 2.28 bits per heavy atom. The Kier molecular flexibility index (Phi) is 7.70. The molecular formula is C21H23ClFN3O5S. The van der Waals surface area contributed by atoms with E-state index in [1.165, 1.54) is 24.0 Å². The van der Waals surface area contributed by atoms with E-state index in [9.17, 15) is 22.4 Å². The number of ether oxygens (including phenoxy) is 1. The number of hydrogen-bond donors (Lipinski definition) is 1. The summed E-state index contributed by atoms with van der Waals surface area (Å²) >= 11 is 5.81. The quantitative estimate of drug-likeness (QED) is 0.649. The second-order valence-electron chi connectivity index (χ2n) is 7.22. The van der Waals surface area contributed by atoms with Gasteiger partial charge in [-0.2, -0.15) is 4.72 Å². The number of nitrogens with one attached hydrogen (secondary N) is 1. The van der Waals surface area contributed by atoms with Gasteiger partial charge in [0.05, 0.1) is 6.04 Å². The van der Waals surface area contributed by atoms with Gasteiger partial charge in [-0.25, -0.2) is 12.8 Å². The predicted molar refractivity (Wildman–Crippen MR) is 116 cm³/mol. The van der Waals surface area contributed by atoms with Crippen LogP contribution in [0.2, 0.25) is 5.02 Å². The van der Waals surface area contributed by atoms with Gasteiger partial charge < -0.3 is 14.5 Å². The average molecular weight is 484 g/mol. The summed E-state index contributed by atoms with van der Waals surface area (Å²) < 4.78 is 46.3. The lowest BCUT2D eigenvalue weighted by Crippen LogP contribution is -2.55. The van der Waals surface area contributed by atoms with Crippen LogP contribution in [-0.4, -0.2) is 68.9 Å². The van der Waals surface area contributed by atoms with Gasteiger partial charge in [0.25, 0.3) is 5.91 Å². The van der Waals surface area contributed by atoms with Crippen molar-refractivity contribution in [2.24, 2.45) is 0 Å². The van der Waals surface area contributed by atoms with E-state index < -0.39 is 32.7 Å². The lowest BCUT2D eigenvalue weighted by Gasteiger charge is -2.36. The van der Waals surface area contributed by atoms with Crippen molar-refractivity contribution in [3.63, 3.8) is 0 Å². The van der Waals surface area contributed by atoms with Gasteiger partial charge >= 0.3 is 0 Å². The van der Waals surface area contributed by atoms with Gasteiger partial charge in [-0.3, -0.25) is 9.59 Å². The van der Waals surface area contributed by atoms with Crippen LogP contribution in [0.15, 0.2) is 53.4 Å². The number of benzene rings is 2. The molecule has 172 valence electrons. The molecule has 1 heterocycles. The molecule has 8 nitrogen and oxygen atoms in total. The Morgan fingerprint density at radius 2 is 1.66 bits per heavy atom. The van der Waals surface area contributed by atoms with Crippen LogP contribution in [0.25, 0.3) is 0 Å². The molecule has 2 aromatic carbocycles. The van der Waals surface area contributed by atoms with Gasteiger partial charge in [0.2, 0.25) is 15.9 Å². The van der Waals surface area contributed by atoms with Crippen molar-refractivity contribution in [1.29, 1.82) is 0 Å². The molecule has 1 aliphatic heterocycles. The number of hydrogen-bond acceptors (Lipinski definition) is 5. The second-order valence-corrected chi connectivity index (χ2v) is 9.34. The highest BCUT2D eigenvalue weighted by atomic mass is 35.5. The normalized spacial score (nSPS) is 15.3. The summed E-state index contributed by atoms with van der Waals surface area (Å²) in [5.41, 5.74) is 0. The SMILES string of the molecule is C[C@H](NS(=O)(=O)c1ccccc1F)C(=O)N1CCN(C(=O)COc2ccc(Cl)cc2)CC1. The van der Waals surface area contributed by atoms with Crippen LogP contribution in [0.4, 0.5) is 4.39 Å². The van der Waals surface area contributed by atoms with E-state index >= 15 is 0 Å². The molecule has 0 saturated carbocycles. The summed E-state index contributed by atoms with van der Waals surface area (Å²) in [7, 11) is -4.20. The van der Waals surface area contributed by atoms with Gasteiger partial charge in [0.15, 0.2) is 6.61 Å². The van der Waals surface area contributed by atoms with Crippen molar-refractivity contribution in [2.45, 2.75) is 17.9 Å². The third-order valence-corrected chi connectivity index (χ3v) is 6.77. The molecule has 0 aliphatic carbocycles. The van der Waals surface area contributed by atoms with E-state index in [-0.39, 0.29) is 25.6 Å². The maximum Gasteiger partial charge on any atom is 0.260 e. The number of nitrogens with zero attached hydrogens (tertiary/aromatic N) is 2. The Balaban J connectivity index is 1.49. The highest BCUT2D eigenvalue weighted by Gasteiger charge is 2.30. The number of amides is 2. The summed E-state index contributed by atoms with van der Waals surface area (Å²) in [5.74, 6) is -1.05. The van der Waals surface area contributed by atoms with E-state index in [1.54, 1.807) is 29.2 Å². The van der Waals surface area contributed by atoms with Crippen molar-refractivity contribution in [2.75, 3.05) is 32.8 Å². The fourth-order valence-electron chi connectivity index (χ4n) is 3.23. The first-order valence-electron chi connectivity index (χ1n) is 9.89. The van der Waals surface area contributed by atoms with Crippen LogP contribution in [0.5, 0.6) is 5.75 Å². The molecule has 0 unspecified atom stereocenters. The predicted octanol–water partition coefficient (Wildman–Crippen LogP) is 1.90. The molecule has 1 fully saturated rings. The van der Waals surface area contributed by atoms with Crippen molar-refractivity contribution in [3.8, 4) is 5.75 Å². The van der Waals surface area contributed by atoms with Crippen LogP contribution >= 0.6 is 11.6 Å². The van der Waals surface area contributed by atoms with Crippen LogP contribution in [-0.2, 0) is 19.6 Å². The third-order valence-electron chi connectivity index (χ3n) is 4.95. The van der Waals surface area contributed by atoms with Crippen LogP contribution < -0.4 is 9.46 Å². The largest absolute Gasteiger partial charge is 0.484 e. The molecule has 0 spiro atoms. The number of halogens is 2. The van der Waals surface area contributed by atoms with Gasteiger partial charge in [0, 0.05) is 31.2 Å². The van der Waals surface area contributed by atoms with E-state index in [4.69, 9.17) is 16.3 Å². The standard InChI is InChI=1S/C21H23ClFN3O5S/c1-15(24-32(29,30)19-5-3-2-4-18(19)23)21(28)26-12-10-25(11-13-26)20(27)14-31-17-8-6-16(22)7-9-17/h2-9,15,24H,10-14H2,1H3/t15-/m0/s1. The minimum absolute atomic E-state index is 0.144. The monoisotopic (exact) mass is 483 g/mol. The van der Waals surface area contributed by atoms with Gasteiger partial charge in [-0.1, -0.05) is 23.7 Å². The number of rotatable bonds is 7. The first kappa shape index (κ1) is 24.0. The summed E-state index contributed by atoms with van der Waals surface area (Å²) in [6.07, 6.45) is 0. The smallest absolute Gasteiger partial charge is 0.260 e. The summed E-state index contributed by atoms with van der Waals surface area (Å²) in [4.78, 5) is 27.6. The van der Waals surface area contributed by atoms with Crippen molar-refractivity contribution >= 4 is 33.4 Å². The maximum atomic E-state index is 13.8. The molecule has 1 saturated heterocycles. The minimum atomic E-state index is -4.20. The van der Waals surface area contributed by atoms with Gasteiger partial charge in [-0.05, 0) is 43.3 Å². The lowest BCUT2D eigenvalue weighted by atomic mass is 10.2. The molecule has 3 rings (SSSR count). The number of sulfonamides is 1.